The topological polar surface area (TPSA) is 64.5 Å². The van der Waals surface area contributed by atoms with Crippen molar-refractivity contribution in [1.29, 1.82) is 0 Å². The van der Waals surface area contributed by atoms with Crippen LogP contribution >= 0.6 is 0 Å². The smallest absolute Gasteiger partial charge is 0.164 e. The zero-order valence-corrected chi connectivity index (χ0v) is 32.7. The van der Waals surface area contributed by atoms with Crippen molar-refractivity contribution in [2.24, 2.45) is 5.92 Å². The van der Waals surface area contributed by atoms with Gasteiger partial charge in [0.1, 0.15) is 0 Å². The average molecular weight is 760 g/mol. The lowest BCUT2D eigenvalue weighted by molar-refractivity contribution is 0.419. The molecule has 0 unspecified atom stereocenters. The fraction of sp³-hybridized carbons (Fsp3) is 0.130. The minimum atomic E-state index is 0.372. The summed E-state index contributed by atoms with van der Waals surface area (Å²) in [6.45, 7) is 0. The summed E-state index contributed by atoms with van der Waals surface area (Å²) in [5.41, 5.74) is 11.9. The molecule has 0 N–H and O–H groups in total. The first-order valence-corrected chi connectivity index (χ1v) is 20.7. The molecule has 2 saturated carbocycles. The quantitative estimate of drug-likeness (QED) is 0.154. The number of fused-ring (bicyclic) bond motifs is 3. The average Bonchev–Trinajstić information content (AvgIpc) is 3.95. The van der Waals surface area contributed by atoms with Crippen molar-refractivity contribution >= 4 is 10.8 Å². The Hall–Kier alpha value is -7.11. The number of nitrogens with zero attached hydrogens (tertiary/aromatic N) is 5. The number of benzene rings is 7. The van der Waals surface area contributed by atoms with E-state index in [2.05, 4.69) is 115 Å². The number of aromatic nitrogens is 5. The van der Waals surface area contributed by atoms with Gasteiger partial charge in [-0.1, -0.05) is 170 Å². The molecule has 5 heteroatoms. The molecule has 2 fully saturated rings. The van der Waals surface area contributed by atoms with Gasteiger partial charge in [-0.2, -0.15) is 0 Å². The van der Waals surface area contributed by atoms with Gasteiger partial charge in [-0.05, 0) is 83.0 Å². The van der Waals surface area contributed by atoms with E-state index < -0.39 is 0 Å². The van der Waals surface area contributed by atoms with Gasteiger partial charge in [-0.15, -0.1) is 0 Å². The van der Waals surface area contributed by atoms with Gasteiger partial charge >= 0.3 is 0 Å². The molecule has 0 amide bonds. The molecule has 0 radical (unpaired) electrons. The standard InChI is InChI=1S/C54H41N5/c1-4-13-38(14-5-1)50-55-48(37-23-25-43(26-24-37)54-31-29-36(35-54)30-32-54)34-49(56-50)47-28-27-44(45-21-10-11-22-46(45)47)41-19-12-20-42(33-41)53-58-51(39-15-6-2-7-16-39)57-52(59-53)40-17-8-3-9-18-40/h1-28,33-34,36H,29-32,35H2. The second-order valence-electron chi connectivity index (χ2n) is 16.2. The molecule has 7 aromatic carbocycles. The number of hydrogen-bond acceptors (Lipinski definition) is 5. The zero-order chi connectivity index (χ0) is 39.2. The minimum Gasteiger partial charge on any atom is -0.228 e. The predicted molar refractivity (Wildman–Crippen MR) is 239 cm³/mol. The molecule has 11 rings (SSSR count). The second-order valence-corrected chi connectivity index (χ2v) is 16.2. The highest BCUT2D eigenvalue weighted by Gasteiger charge is 2.45. The summed E-state index contributed by atoms with van der Waals surface area (Å²) >= 11 is 0. The third-order valence-corrected chi connectivity index (χ3v) is 12.6. The molecule has 9 aromatic rings. The van der Waals surface area contributed by atoms with Crippen LogP contribution in [0.2, 0.25) is 0 Å². The summed E-state index contributed by atoms with van der Waals surface area (Å²) in [6.07, 6.45) is 6.74. The van der Waals surface area contributed by atoms with Crippen molar-refractivity contribution < 1.29 is 0 Å². The lowest BCUT2D eigenvalue weighted by Crippen LogP contribution is -2.19. The Balaban J connectivity index is 1.00. The molecular formula is C54H41N5. The fourth-order valence-electron chi connectivity index (χ4n) is 9.58. The summed E-state index contributed by atoms with van der Waals surface area (Å²) in [7, 11) is 0. The highest BCUT2D eigenvalue weighted by Crippen LogP contribution is 2.55. The van der Waals surface area contributed by atoms with Gasteiger partial charge in [-0.3, -0.25) is 0 Å². The van der Waals surface area contributed by atoms with Gasteiger partial charge in [-0.25, -0.2) is 24.9 Å². The third-order valence-electron chi connectivity index (χ3n) is 12.6. The second kappa shape index (κ2) is 14.7. The molecule has 0 saturated heterocycles. The van der Waals surface area contributed by atoms with Crippen LogP contribution in [-0.2, 0) is 5.41 Å². The largest absolute Gasteiger partial charge is 0.228 e. The number of hydrogen-bond donors (Lipinski definition) is 0. The van der Waals surface area contributed by atoms with Crippen LogP contribution in [0, 0.1) is 5.92 Å². The van der Waals surface area contributed by atoms with Gasteiger partial charge in [0.2, 0.25) is 0 Å². The maximum Gasteiger partial charge on any atom is 0.164 e. The van der Waals surface area contributed by atoms with Crippen molar-refractivity contribution in [3.8, 4) is 79.2 Å². The first-order chi connectivity index (χ1) is 29.2. The van der Waals surface area contributed by atoms with Crippen LogP contribution in [0.5, 0.6) is 0 Å². The Morgan fingerprint density at radius 3 is 1.41 bits per heavy atom. The van der Waals surface area contributed by atoms with E-state index in [0.29, 0.717) is 22.9 Å². The Labute approximate surface area is 344 Å². The molecule has 0 atom stereocenters. The van der Waals surface area contributed by atoms with Crippen molar-refractivity contribution in [2.45, 2.75) is 37.5 Å². The lowest BCUT2D eigenvalue weighted by Gasteiger charge is -2.27. The molecule has 2 heterocycles. The van der Waals surface area contributed by atoms with E-state index in [1.807, 2.05) is 66.7 Å². The van der Waals surface area contributed by atoms with Crippen molar-refractivity contribution in [1.82, 2.24) is 24.9 Å². The van der Waals surface area contributed by atoms with E-state index in [1.165, 1.54) is 37.7 Å². The molecule has 5 nitrogen and oxygen atoms in total. The molecule has 2 bridgehead atoms. The molecule has 0 spiro atoms. The monoisotopic (exact) mass is 759 g/mol. The molecule has 59 heavy (non-hydrogen) atoms. The fourth-order valence-corrected chi connectivity index (χ4v) is 9.58. The van der Waals surface area contributed by atoms with Gasteiger partial charge < -0.3 is 0 Å². The van der Waals surface area contributed by atoms with Crippen LogP contribution in [0.15, 0.2) is 182 Å². The molecule has 282 valence electrons. The van der Waals surface area contributed by atoms with Crippen LogP contribution < -0.4 is 0 Å². The zero-order valence-electron chi connectivity index (χ0n) is 32.7. The maximum absolute atomic E-state index is 5.25. The van der Waals surface area contributed by atoms with Crippen LogP contribution in [0.3, 0.4) is 0 Å². The van der Waals surface area contributed by atoms with Crippen LogP contribution in [0.4, 0.5) is 0 Å². The van der Waals surface area contributed by atoms with E-state index in [9.17, 15) is 0 Å². The van der Waals surface area contributed by atoms with E-state index in [1.54, 1.807) is 0 Å². The Bertz CT molecular complexity index is 2900. The molecule has 0 aliphatic heterocycles. The van der Waals surface area contributed by atoms with Gasteiger partial charge in [0.05, 0.1) is 11.4 Å². The summed E-state index contributed by atoms with van der Waals surface area (Å²) < 4.78 is 0. The Morgan fingerprint density at radius 2 is 0.831 bits per heavy atom. The highest BCUT2D eigenvalue weighted by molar-refractivity contribution is 6.05. The van der Waals surface area contributed by atoms with E-state index in [4.69, 9.17) is 24.9 Å². The summed E-state index contributed by atoms with van der Waals surface area (Å²) in [4.78, 5) is 25.4. The van der Waals surface area contributed by atoms with Crippen molar-refractivity contribution in [2.75, 3.05) is 0 Å². The third kappa shape index (κ3) is 6.59. The van der Waals surface area contributed by atoms with Crippen molar-refractivity contribution in [3.05, 3.63) is 188 Å². The van der Waals surface area contributed by atoms with Crippen LogP contribution in [0.1, 0.15) is 37.7 Å². The van der Waals surface area contributed by atoms with Gasteiger partial charge in [0.15, 0.2) is 23.3 Å². The summed E-state index contributed by atoms with van der Waals surface area (Å²) in [5.74, 6) is 3.55. The first-order valence-electron chi connectivity index (χ1n) is 20.7. The molecule has 2 aromatic heterocycles. The Morgan fingerprint density at radius 1 is 0.356 bits per heavy atom. The molecule has 2 aliphatic carbocycles. The Kier molecular flexibility index (Phi) is 8.73. The lowest BCUT2D eigenvalue weighted by atomic mass is 9.77. The van der Waals surface area contributed by atoms with Crippen molar-refractivity contribution in [3.63, 3.8) is 0 Å². The van der Waals surface area contributed by atoms with E-state index in [-0.39, 0.29) is 0 Å². The highest BCUT2D eigenvalue weighted by atomic mass is 15.0. The molecular weight excluding hydrogens is 719 g/mol. The van der Waals surface area contributed by atoms with Gasteiger partial charge in [0.25, 0.3) is 0 Å². The normalized spacial score (nSPS) is 17.1. The predicted octanol–water partition coefficient (Wildman–Crippen LogP) is 13.3. The SMILES string of the molecule is c1ccc(-c2nc(-c3ccc(C45CCC(CC4)C5)cc3)cc(-c3ccc(-c4cccc(-c5nc(-c6ccccc6)nc(-c6ccccc6)n5)c4)c4ccccc34)n2)cc1. The van der Waals surface area contributed by atoms with E-state index in [0.717, 1.165) is 78.4 Å². The minimum absolute atomic E-state index is 0.372. The molecule has 2 aliphatic rings. The number of rotatable bonds is 8. The van der Waals surface area contributed by atoms with E-state index >= 15 is 0 Å². The van der Waals surface area contributed by atoms with Crippen LogP contribution in [0.25, 0.3) is 90.0 Å². The van der Waals surface area contributed by atoms with Gasteiger partial charge in [0, 0.05) is 33.4 Å². The van der Waals surface area contributed by atoms with Crippen LogP contribution in [-0.4, -0.2) is 24.9 Å². The first kappa shape index (κ1) is 35.1. The summed E-state index contributed by atoms with van der Waals surface area (Å²) in [6, 6.07) is 63.6. The maximum atomic E-state index is 5.25. The summed E-state index contributed by atoms with van der Waals surface area (Å²) in [5, 5.41) is 2.27.